The van der Waals surface area contributed by atoms with Crippen molar-refractivity contribution < 1.29 is 8.78 Å². The van der Waals surface area contributed by atoms with Gasteiger partial charge in [-0.25, -0.2) is 8.78 Å². The highest BCUT2D eigenvalue weighted by molar-refractivity contribution is 7.14. The van der Waals surface area contributed by atoms with E-state index in [2.05, 4.69) is 38.0 Å². The average molecular weight is 407 g/mol. The predicted molar refractivity (Wildman–Crippen MR) is 113 cm³/mol. The molecule has 7 heteroatoms. The van der Waals surface area contributed by atoms with E-state index >= 15 is 0 Å². The average Bonchev–Trinajstić information content (AvgIpc) is 3.21. The number of nitrogens with one attached hydrogen (secondary N) is 2. The summed E-state index contributed by atoms with van der Waals surface area (Å²) >= 11 is 1.78. The molecule has 0 bridgehead atoms. The second kappa shape index (κ2) is 9.87. The van der Waals surface area contributed by atoms with Crippen LogP contribution in [0.3, 0.4) is 0 Å². The van der Waals surface area contributed by atoms with Gasteiger partial charge in [0, 0.05) is 44.2 Å². The Morgan fingerprint density at radius 1 is 1.29 bits per heavy atom. The summed E-state index contributed by atoms with van der Waals surface area (Å²) in [4.78, 5) is 7.06. The molecule has 1 aliphatic rings. The molecule has 1 fully saturated rings. The third-order valence-corrected chi connectivity index (χ3v) is 5.94. The van der Waals surface area contributed by atoms with E-state index < -0.39 is 11.6 Å². The molecule has 0 aliphatic carbocycles. The summed E-state index contributed by atoms with van der Waals surface area (Å²) in [6.45, 7) is 7.18. The summed E-state index contributed by atoms with van der Waals surface area (Å²) in [6, 6.07) is 8.35. The van der Waals surface area contributed by atoms with Crippen LogP contribution in [0.5, 0.6) is 0 Å². The van der Waals surface area contributed by atoms with Crippen molar-refractivity contribution in [2.75, 3.05) is 31.1 Å². The fourth-order valence-electron chi connectivity index (χ4n) is 3.44. The molecule has 2 aromatic rings. The standard InChI is InChI=1S/C21H28F2N4S/c1-3-24-21(25-14-15(2)18-7-6-16(22)13-19(18)23)26-17-8-10-27(11-9-17)20-5-4-12-28-20/h4-7,12-13,15,17H,3,8-11,14H2,1-2H3,(H2,24,25,26). The number of thiophene rings is 1. The SMILES string of the molecule is CCNC(=NCC(C)c1ccc(F)cc1F)NC1CCN(c2cccs2)CC1. The number of rotatable bonds is 6. The predicted octanol–water partition coefficient (Wildman–Crippen LogP) is 4.35. The van der Waals surface area contributed by atoms with Crippen LogP contribution in [-0.2, 0) is 0 Å². The molecule has 1 aliphatic heterocycles. The van der Waals surface area contributed by atoms with Gasteiger partial charge in [-0.1, -0.05) is 13.0 Å². The summed E-state index contributed by atoms with van der Waals surface area (Å²) in [5, 5.41) is 10.2. The lowest BCUT2D eigenvalue weighted by atomic mass is 10.0. The number of piperidine rings is 1. The number of anilines is 1. The molecule has 1 atom stereocenters. The van der Waals surface area contributed by atoms with E-state index in [4.69, 9.17) is 0 Å². The zero-order valence-corrected chi connectivity index (χ0v) is 17.2. The molecule has 4 nitrogen and oxygen atoms in total. The van der Waals surface area contributed by atoms with E-state index in [9.17, 15) is 8.78 Å². The third-order valence-electron chi connectivity index (χ3n) is 5.01. The molecule has 1 saturated heterocycles. The highest BCUT2D eigenvalue weighted by atomic mass is 32.1. The highest BCUT2D eigenvalue weighted by Crippen LogP contribution is 2.25. The zero-order valence-electron chi connectivity index (χ0n) is 16.4. The van der Waals surface area contributed by atoms with Crippen molar-refractivity contribution in [1.82, 2.24) is 10.6 Å². The Labute approximate surface area is 169 Å². The second-order valence-electron chi connectivity index (χ2n) is 7.14. The molecule has 1 aromatic heterocycles. The minimum atomic E-state index is -0.555. The van der Waals surface area contributed by atoms with Gasteiger partial charge in [-0.05, 0) is 48.9 Å². The van der Waals surface area contributed by atoms with Gasteiger partial charge in [0.25, 0.3) is 0 Å². The molecule has 1 aromatic carbocycles. The molecule has 1 unspecified atom stereocenters. The molecule has 2 heterocycles. The second-order valence-corrected chi connectivity index (χ2v) is 8.07. The molecular weight excluding hydrogens is 378 g/mol. The van der Waals surface area contributed by atoms with Crippen LogP contribution in [0.1, 0.15) is 38.2 Å². The maximum atomic E-state index is 14.0. The Hall–Kier alpha value is -2.15. The minimum Gasteiger partial charge on any atom is -0.363 e. The first-order valence-electron chi connectivity index (χ1n) is 9.85. The van der Waals surface area contributed by atoms with E-state index in [1.807, 2.05) is 13.8 Å². The number of aliphatic imine (C=N–C) groups is 1. The third kappa shape index (κ3) is 5.44. The van der Waals surface area contributed by atoms with Crippen LogP contribution in [-0.4, -0.2) is 38.2 Å². The molecule has 2 N–H and O–H groups in total. The van der Waals surface area contributed by atoms with Gasteiger partial charge in [0.15, 0.2) is 5.96 Å². The summed E-state index contributed by atoms with van der Waals surface area (Å²) in [5.41, 5.74) is 0.491. The molecule has 28 heavy (non-hydrogen) atoms. The van der Waals surface area contributed by atoms with E-state index in [1.54, 1.807) is 11.3 Å². The highest BCUT2D eigenvalue weighted by Gasteiger charge is 2.21. The van der Waals surface area contributed by atoms with E-state index in [0.717, 1.165) is 44.5 Å². The van der Waals surface area contributed by atoms with Crippen LogP contribution in [0, 0.1) is 11.6 Å². The van der Waals surface area contributed by atoms with Gasteiger partial charge in [0.2, 0.25) is 0 Å². The monoisotopic (exact) mass is 406 g/mol. The van der Waals surface area contributed by atoms with Gasteiger partial charge in [-0.2, -0.15) is 0 Å². The van der Waals surface area contributed by atoms with Crippen LogP contribution in [0.25, 0.3) is 0 Å². The van der Waals surface area contributed by atoms with E-state index in [0.29, 0.717) is 18.2 Å². The van der Waals surface area contributed by atoms with Crippen molar-refractivity contribution in [2.45, 2.75) is 38.6 Å². The lowest BCUT2D eigenvalue weighted by molar-refractivity contribution is 0.462. The summed E-state index contributed by atoms with van der Waals surface area (Å²) in [7, 11) is 0. The Balaban J connectivity index is 1.55. The van der Waals surface area contributed by atoms with Gasteiger partial charge in [0.05, 0.1) is 5.00 Å². The molecule has 0 spiro atoms. The number of hydrogen-bond acceptors (Lipinski definition) is 3. The fraction of sp³-hybridized carbons (Fsp3) is 0.476. The molecular formula is C21H28F2N4S. The number of benzene rings is 1. The van der Waals surface area contributed by atoms with Gasteiger partial charge >= 0.3 is 0 Å². The summed E-state index contributed by atoms with van der Waals surface area (Å²) < 4.78 is 27.1. The largest absolute Gasteiger partial charge is 0.363 e. The Kier molecular flexibility index (Phi) is 7.25. The quantitative estimate of drug-likeness (QED) is 0.553. The van der Waals surface area contributed by atoms with Crippen LogP contribution < -0.4 is 15.5 Å². The van der Waals surface area contributed by atoms with Crippen molar-refractivity contribution >= 4 is 22.3 Å². The topological polar surface area (TPSA) is 39.7 Å². The minimum absolute atomic E-state index is 0.128. The summed E-state index contributed by atoms with van der Waals surface area (Å²) in [6.07, 6.45) is 2.09. The number of guanidine groups is 1. The lowest BCUT2D eigenvalue weighted by Gasteiger charge is -2.33. The number of hydrogen-bond donors (Lipinski definition) is 2. The van der Waals surface area contributed by atoms with Gasteiger partial charge in [-0.15, -0.1) is 11.3 Å². The van der Waals surface area contributed by atoms with Gasteiger partial charge in [-0.3, -0.25) is 4.99 Å². The Morgan fingerprint density at radius 3 is 2.71 bits per heavy atom. The normalized spacial score (nSPS) is 16.9. The van der Waals surface area contributed by atoms with Crippen LogP contribution in [0.15, 0.2) is 40.7 Å². The van der Waals surface area contributed by atoms with Crippen molar-refractivity contribution in [3.05, 3.63) is 52.9 Å². The number of halogens is 2. The van der Waals surface area contributed by atoms with Crippen LogP contribution >= 0.6 is 11.3 Å². The molecule has 0 saturated carbocycles. The maximum absolute atomic E-state index is 14.0. The van der Waals surface area contributed by atoms with Crippen LogP contribution in [0.4, 0.5) is 13.8 Å². The summed E-state index contributed by atoms with van der Waals surface area (Å²) in [5.74, 6) is -0.439. The molecule has 3 rings (SSSR count). The van der Waals surface area contributed by atoms with E-state index in [-0.39, 0.29) is 5.92 Å². The fourth-order valence-corrected chi connectivity index (χ4v) is 4.22. The van der Waals surface area contributed by atoms with Crippen molar-refractivity contribution in [2.24, 2.45) is 4.99 Å². The van der Waals surface area contributed by atoms with Crippen molar-refractivity contribution in [3.63, 3.8) is 0 Å². The van der Waals surface area contributed by atoms with E-state index in [1.165, 1.54) is 17.1 Å². The van der Waals surface area contributed by atoms with Crippen LogP contribution in [0.2, 0.25) is 0 Å². The smallest absolute Gasteiger partial charge is 0.191 e. The Morgan fingerprint density at radius 2 is 2.07 bits per heavy atom. The first kappa shape index (κ1) is 20.6. The first-order chi connectivity index (χ1) is 13.6. The maximum Gasteiger partial charge on any atom is 0.191 e. The number of nitrogens with zero attached hydrogens (tertiary/aromatic N) is 2. The lowest BCUT2D eigenvalue weighted by Crippen LogP contribution is -2.48. The van der Waals surface area contributed by atoms with Crippen molar-refractivity contribution in [3.8, 4) is 0 Å². The Bertz CT molecular complexity index is 771. The zero-order chi connectivity index (χ0) is 19.9. The molecule has 0 radical (unpaired) electrons. The molecule has 152 valence electrons. The first-order valence-corrected chi connectivity index (χ1v) is 10.7. The van der Waals surface area contributed by atoms with Gasteiger partial charge < -0.3 is 15.5 Å². The van der Waals surface area contributed by atoms with Gasteiger partial charge in [0.1, 0.15) is 11.6 Å². The van der Waals surface area contributed by atoms with Crippen molar-refractivity contribution in [1.29, 1.82) is 0 Å². The molecule has 0 amide bonds.